The number of aromatic nitrogens is 1. The molecule has 0 bridgehead atoms. The number of aryl methyl sites for hydroxylation is 1. The zero-order chi connectivity index (χ0) is 16.1. The molecule has 0 spiro atoms. The minimum atomic E-state index is -0.173. The molecule has 0 aliphatic heterocycles. The summed E-state index contributed by atoms with van der Waals surface area (Å²) < 4.78 is 1.13. The standard InChI is InChI=1S/C17H21N3O2S/c21-15(19-20-17(22)12-6-2-1-3-7-12)10-11-16-18-13-8-4-5-9-14(13)23-16/h4-5,8-9,12H,1-3,6-7,10-11H2,(H,19,21)(H,20,22). The highest BCUT2D eigenvalue weighted by Gasteiger charge is 2.21. The van der Waals surface area contributed by atoms with Crippen LogP contribution in [-0.2, 0) is 16.0 Å². The van der Waals surface area contributed by atoms with Crippen LogP contribution in [-0.4, -0.2) is 16.8 Å². The molecule has 122 valence electrons. The molecular weight excluding hydrogens is 310 g/mol. The van der Waals surface area contributed by atoms with Gasteiger partial charge in [0.2, 0.25) is 11.8 Å². The van der Waals surface area contributed by atoms with Crippen LogP contribution in [0.5, 0.6) is 0 Å². The molecule has 0 unspecified atom stereocenters. The number of hydrazine groups is 1. The molecule has 2 amide bonds. The molecule has 1 fully saturated rings. The maximum absolute atomic E-state index is 12.0. The van der Waals surface area contributed by atoms with E-state index in [4.69, 9.17) is 0 Å². The number of carbonyl (C=O) groups is 2. The molecular formula is C17H21N3O2S. The van der Waals surface area contributed by atoms with Crippen molar-refractivity contribution in [3.8, 4) is 0 Å². The molecule has 2 N–H and O–H groups in total. The van der Waals surface area contributed by atoms with E-state index >= 15 is 0 Å². The zero-order valence-corrected chi connectivity index (χ0v) is 13.8. The Kier molecular flexibility index (Phi) is 5.23. The molecule has 5 nitrogen and oxygen atoms in total. The van der Waals surface area contributed by atoms with Crippen LogP contribution < -0.4 is 10.9 Å². The summed E-state index contributed by atoms with van der Waals surface area (Å²) in [5, 5.41) is 0.944. The third kappa shape index (κ3) is 4.28. The fraction of sp³-hybridized carbons (Fsp3) is 0.471. The maximum atomic E-state index is 12.0. The second-order valence-electron chi connectivity index (χ2n) is 5.95. The smallest absolute Gasteiger partial charge is 0.241 e. The van der Waals surface area contributed by atoms with Crippen LogP contribution in [0.25, 0.3) is 10.2 Å². The lowest BCUT2D eigenvalue weighted by atomic mass is 9.89. The van der Waals surface area contributed by atoms with Crippen molar-refractivity contribution < 1.29 is 9.59 Å². The van der Waals surface area contributed by atoms with E-state index in [-0.39, 0.29) is 17.7 Å². The van der Waals surface area contributed by atoms with Gasteiger partial charge in [0, 0.05) is 18.8 Å². The number of fused-ring (bicyclic) bond motifs is 1. The molecule has 1 aliphatic rings. The lowest BCUT2D eigenvalue weighted by molar-refractivity contribution is -0.131. The third-order valence-electron chi connectivity index (χ3n) is 4.21. The summed E-state index contributed by atoms with van der Waals surface area (Å²) in [7, 11) is 0. The van der Waals surface area contributed by atoms with E-state index in [2.05, 4.69) is 15.8 Å². The lowest BCUT2D eigenvalue weighted by Crippen LogP contribution is -2.45. The van der Waals surface area contributed by atoms with Gasteiger partial charge in [-0.25, -0.2) is 4.98 Å². The van der Waals surface area contributed by atoms with Gasteiger partial charge in [0.1, 0.15) is 0 Å². The minimum absolute atomic E-state index is 0.0494. The number of para-hydroxylation sites is 1. The second kappa shape index (κ2) is 7.55. The Morgan fingerprint density at radius 1 is 1.13 bits per heavy atom. The SMILES string of the molecule is O=C(CCc1nc2ccccc2s1)NNC(=O)C1CCCCC1. The molecule has 1 saturated carbocycles. The molecule has 0 radical (unpaired) electrons. The minimum Gasteiger partial charge on any atom is -0.273 e. The highest BCUT2D eigenvalue weighted by Crippen LogP contribution is 2.23. The van der Waals surface area contributed by atoms with Crippen LogP contribution in [0.3, 0.4) is 0 Å². The third-order valence-corrected chi connectivity index (χ3v) is 5.30. The number of thiazole rings is 1. The summed E-state index contributed by atoms with van der Waals surface area (Å²) in [5.41, 5.74) is 6.05. The topological polar surface area (TPSA) is 71.1 Å². The number of nitrogens with one attached hydrogen (secondary N) is 2. The van der Waals surface area contributed by atoms with Gasteiger partial charge in [-0.15, -0.1) is 11.3 Å². The first-order chi connectivity index (χ1) is 11.2. The normalized spacial score (nSPS) is 15.5. The second-order valence-corrected chi connectivity index (χ2v) is 7.06. The van der Waals surface area contributed by atoms with Gasteiger partial charge >= 0.3 is 0 Å². The van der Waals surface area contributed by atoms with E-state index in [0.29, 0.717) is 12.8 Å². The van der Waals surface area contributed by atoms with Gasteiger partial charge in [-0.05, 0) is 25.0 Å². The highest BCUT2D eigenvalue weighted by molar-refractivity contribution is 7.18. The molecule has 1 heterocycles. The van der Waals surface area contributed by atoms with Crippen LogP contribution in [0.15, 0.2) is 24.3 Å². The molecule has 3 rings (SSSR count). The molecule has 0 saturated heterocycles. The summed E-state index contributed by atoms with van der Waals surface area (Å²) >= 11 is 1.61. The largest absolute Gasteiger partial charge is 0.273 e. The first-order valence-electron chi connectivity index (χ1n) is 8.15. The number of hydrogen-bond donors (Lipinski definition) is 2. The van der Waals surface area contributed by atoms with E-state index in [9.17, 15) is 9.59 Å². The van der Waals surface area contributed by atoms with Crippen molar-refractivity contribution >= 4 is 33.4 Å². The summed E-state index contributed by atoms with van der Waals surface area (Å²) in [5.74, 6) is -0.181. The van der Waals surface area contributed by atoms with Gasteiger partial charge in [0.05, 0.1) is 15.2 Å². The van der Waals surface area contributed by atoms with Crippen LogP contribution in [0, 0.1) is 5.92 Å². The molecule has 2 aromatic rings. The van der Waals surface area contributed by atoms with Crippen LogP contribution in [0.2, 0.25) is 0 Å². The van der Waals surface area contributed by atoms with E-state index in [0.717, 1.165) is 40.9 Å². The lowest BCUT2D eigenvalue weighted by Gasteiger charge is -2.20. The Labute approximate surface area is 139 Å². The Morgan fingerprint density at radius 2 is 1.91 bits per heavy atom. The van der Waals surface area contributed by atoms with Crippen LogP contribution in [0.1, 0.15) is 43.5 Å². The molecule has 1 aliphatic carbocycles. The summed E-state index contributed by atoms with van der Waals surface area (Å²) in [6, 6.07) is 7.94. The van der Waals surface area contributed by atoms with Gasteiger partial charge in [0.25, 0.3) is 0 Å². The zero-order valence-electron chi connectivity index (χ0n) is 13.0. The Bertz CT molecular complexity index is 659. The summed E-state index contributed by atoms with van der Waals surface area (Å²) in [6.45, 7) is 0. The Balaban J connectivity index is 1.43. The van der Waals surface area contributed by atoms with E-state index in [1.54, 1.807) is 11.3 Å². The maximum Gasteiger partial charge on any atom is 0.241 e. The fourth-order valence-corrected chi connectivity index (χ4v) is 3.87. The molecule has 23 heavy (non-hydrogen) atoms. The first-order valence-corrected chi connectivity index (χ1v) is 8.97. The van der Waals surface area contributed by atoms with Crippen molar-refractivity contribution in [3.63, 3.8) is 0 Å². The molecule has 0 atom stereocenters. The predicted octanol–water partition coefficient (Wildman–Crippen LogP) is 2.96. The fourth-order valence-electron chi connectivity index (χ4n) is 2.91. The monoisotopic (exact) mass is 331 g/mol. The Hall–Kier alpha value is -1.95. The van der Waals surface area contributed by atoms with E-state index < -0.39 is 0 Å². The number of rotatable bonds is 4. The van der Waals surface area contributed by atoms with Gasteiger partial charge < -0.3 is 0 Å². The number of carbonyl (C=O) groups excluding carboxylic acids is 2. The highest BCUT2D eigenvalue weighted by atomic mass is 32.1. The van der Waals surface area contributed by atoms with Gasteiger partial charge in [-0.2, -0.15) is 0 Å². The van der Waals surface area contributed by atoms with Crippen molar-refractivity contribution in [2.45, 2.75) is 44.9 Å². The van der Waals surface area contributed by atoms with Crippen molar-refractivity contribution in [1.82, 2.24) is 15.8 Å². The number of hydrogen-bond acceptors (Lipinski definition) is 4. The van der Waals surface area contributed by atoms with E-state index in [1.165, 1.54) is 6.42 Å². The van der Waals surface area contributed by atoms with Crippen molar-refractivity contribution in [2.75, 3.05) is 0 Å². The number of benzene rings is 1. The molecule has 6 heteroatoms. The first kappa shape index (κ1) is 15.9. The van der Waals surface area contributed by atoms with Crippen LogP contribution >= 0.6 is 11.3 Å². The Morgan fingerprint density at radius 3 is 2.70 bits per heavy atom. The molecule has 1 aromatic heterocycles. The van der Waals surface area contributed by atoms with Gasteiger partial charge in [-0.1, -0.05) is 31.4 Å². The van der Waals surface area contributed by atoms with Crippen molar-refractivity contribution in [2.24, 2.45) is 5.92 Å². The summed E-state index contributed by atoms with van der Waals surface area (Å²) in [6.07, 6.45) is 6.17. The predicted molar refractivity (Wildman–Crippen MR) is 90.8 cm³/mol. The average Bonchev–Trinajstić information content (AvgIpc) is 3.01. The number of nitrogens with zero attached hydrogens (tertiary/aromatic N) is 1. The quantitative estimate of drug-likeness (QED) is 0.846. The van der Waals surface area contributed by atoms with Gasteiger partial charge in [0.15, 0.2) is 0 Å². The van der Waals surface area contributed by atoms with Crippen molar-refractivity contribution in [1.29, 1.82) is 0 Å². The van der Waals surface area contributed by atoms with Gasteiger partial charge in [-0.3, -0.25) is 20.4 Å². The molecule has 1 aromatic carbocycles. The summed E-state index contributed by atoms with van der Waals surface area (Å²) in [4.78, 5) is 28.3. The average molecular weight is 331 g/mol. The van der Waals surface area contributed by atoms with E-state index in [1.807, 2.05) is 24.3 Å². The van der Waals surface area contributed by atoms with Crippen molar-refractivity contribution in [3.05, 3.63) is 29.3 Å². The number of amides is 2. The van der Waals surface area contributed by atoms with Crippen LogP contribution in [0.4, 0.5) is 0 Å².